The lowest BCUT2D eigenvalue weighted by Gasteiger charge is -1.86. The molecule has 1 aromatic heterocycles. The van der Waals surface area contributed by atoms with Crippen LogP contribution in [0.15, 0.2) is 15.9 Å². The van der Waals surface area contributed by atoms with Crippen molar-refractivity contribution in [3.05, 3.63) is 20.8 Å². The van der Waals surface area contributed by atoms with Crippen LogP contribution in [-0.2, 0) is 5.75 Å². The summed E-state index contributed by atoms with van der Waals surface area (Å²) in [5.41, 5.74) is 0. The summed E-state index contributed by atoms with van der Waals surface area (Å²) >= 11 is 7.08. The predicted molar refractivity (Wildman–Crippen MR) is 49.2 cm³/mol. The van der Waals surface area contributed by atoms with Crippen molar-refractivity contribution in [3.8, 4) is 0 Å². The molecule has 1 rings (SSSR count). The second-order valence-electron chi connectivity index (χ2n) is 1.64. The van der Waals surface area contributed by atoms with E-state index in [4.69, 9.17) is 0 Å². The second kappa shape index (κ2) is 3.64. The van der Waals surface area contributed by atoms with E-state index in [-0.39, 0.29) is 0 Å². The van der Waals surface area contributed by atoms with Gasteiger partial charge in [0, 0.05) is 10.6 Å². The normalized spacial score (nSPS) is 10.0. The number of hydrogen-bond donors (Lipinski definition) is 0. The highest BCUT2D eigenvalue weighted by atomic mass is 79.9. The van der Waals surface area contributed by atoms with Crippen molar-refractivity contribution >= 4 is 39.0 Å². The van der Waals surface area contributed by atoms with Gasteiger partial charge in [0.2, 0.25) is 0 Å². The fourth-order valence-corrected chi connectivity index (χ4v) is 2.82. The Bertz CT molecular complexity index is 183. The molecule has 0 nitrogen and oxygen atoms in total. The van der Waals surface area contributed by atoms with Crippen LogP contribution in [0.1, 0.15) is 4.88 Å². The molecule has 1 heterocycles. The molecular formula is C6H7BrS2. The highest BCUT2D eigenvalue weighted by Crippen LogP contribution is 2.24. The SMILES string of the molecule is CSCc1ccc(Br)s1. The largest absolute Gasteiger partial charge is 0.160 e. The summed E-state index contributed by atoms with van der Waals surface area (Å²) in [6, 6.07) is 4.25. The number of rotatable bonds is 2. The first-order valence-electron chi connectivity index (χ1n) is 2.56. The summed E-state index contributed by atoms with van der Waals surface area (Å²) in [4.78, 5) is 1.44. The average molecular weight is 223 g/mol. The molecule has 0 atom stereocenters. The van der Waals surface area contributed by atoms with Crippen molar-refractivity contribution < 1.29 is 0 Å². The molecule has 0 amide bonds. The summed E-state index contributed by atoms with van der Waals surface area (Å²) in [7, 11) is 0. The topological polar surface area (TPSA) is 0 Å². The van der Waals surface area contributed by atoms with Gasteiger partial charge in [-0.25, -0.2) is 0 Å². The summed E-state index contributed by atoms with van der Waals surface area (Å²) in [5.74, 6) is 1.14. The Balaban J connectivity index is 2.61. The molecule has 3 heteroatoms. The summed E-state index contributed by atoms with van der Waals surface area (Å²) in [6.07, 6.45) is 2.12. The summed E-state index contributed by atoms with van der Waals surface area (Å²) < 4.78 is 1.23. The van der Waals surface area contributed by atoms with Crippen LogP contribution in [0.25, 0.3) is 0 Å². The Morgan fingerprint density at radius 2 is 2.44 bits per heavy atom. The smallest absolute Gasteiger partial charge is 0.0701 e. The first-order valence-corrected chi connectivity index (χ1v) is 5.56. The fraction of sp³-hybridized carbons (Fsp3) is 0.333. The number of halogens is 1. The van der Waals surface area contributed by atoms with Gasteiger partial charge >= 0.3 is 0 Å². The van der Waals surface area contributed by atoms with Gasteiger partial charge in [-0.3, -0.25) is 0 Å². The third-order valence-electron chi connectivity index (χ3n) is 0.915. The molecule has 0 unspecified atom stereocenters. The van der Waals surface area contributed by atoms with E-state index in [1.165, 1.54) is 8.66 Å². The minimum absolute atomic E-state index is 1.14. The van der Waals surface area contributed by atoms with Crippen molar-refractivity contribution in [3.63, 3.8) is 0 Å². The highest BCUT2D eigenvalue weighted by molar-refractivity contribution is 9.11. The van der Waals surface area contributed by atoms with Gasteiger partial charge in [-0.1, -0.05) is 0 Å². The van der Waals surface area contributed by atoms with Crippen LogP contribution in [0.2, 0.25) is 0 Å². The lowest BCUT2D eigenvalue weighted by molar-refractivity contribution is 1.56. The lowest BCUT2D eigenvalue weighted by Crippen LogP contribution is -1.65. The Labute approximate surface area is 71.8 Å². The first-order chi connectivity index (χ1) is 4.33. The van der Waals surface area contributed by atoms with Crippen LogP contribution in [0.3, 0.4) is 0 Å². The van der Waals surface area contributed by atoms with Gasteiger partial charge in [0.15, 0.2) is 0 Å². The molecule has 0 radical (unpaired) electrons. The van der Waals surface area contributed by atoms with Crippen molar-refractivity contribution in [2.24, 2.45) is 0 Å². The minimum Gasteiger partial charge on any atom is -0.160 e. The molecule has 0 bridgehead atoms. The van der Waals surface area contributed by atoms with E-state index in [2.05, 4.69) is 34.3 Å². The molecule has 1 aromatic rings. The molecule has 9 heavy (non-hydrogen) atoms. The molecule has 0 spiro atoms. The van der Waals surface area contributed by atoms with Crippen molar-refractivity contribution in [1.29, 1.82) is 0 Å². The highest BCUT2D eigenvalue weighted by Gasteiger charge is 1.93. The fourth-order valence-electron chi connectivity index (χ4n) is 0.572. The maximum Gasteiger partial charge on any atom is 0.0701 e. The van der Waals surface area contributed by atoms with Gasteiger partial charge in [0.25, 0.3) is 0 Å². The molecule has 0 aliphatic heterocycles. The third kappa shape index (κ3) is 2.32. The van der Waals surface area contributed by atoms with Crippen LogP contribution in [0, 0.1) is 0 Å². The van der Waals surface area contributed by atoms with Gasteiger partial charge in [-0.15, -0.1) is 11.3 Å². The quantitative estimate of drug-likeness (QED) is 0.740. The van der Waals surface area contributed by atoms with E-state index in [9.17, 15) is 0 Å². The first kappa shape index (κ1) is 7.63. The van der Waals surface area contributed by atoms with E-state index in [1.807, 2.05) is 23.1 Å². The minimum atomic E-state index is 1.14. The van der Waals surface area contributed by atoms with Gasteiger partial charge in [0.1, 0.15) is 0 Å². The Kier molecular flexibility index (Phi) is 3.09. The molecule has 0 aliphatic rings. The monoisotopic (exact) mass is 222 g/mol. The Hall–Kier alpha value is 0.530. The molecular weight excluding hydrogens is 216 g/mol. The van der Waals surface area contributed by atoms with E-state index in [1.54, 1.807) is 0 Å². The van der Waals surface area contributed by atoms with Crippen molar-refractivity contribution in [2.75, 3.05) is 6.26 Å². The molecule has 0 fully saturated rings. The van der Waals surface area contributed by atoms with Crippen molar-refractivity contribution in [1.82, 2.24) is 0 Å². The van der Waals surface area contributed by atoms with Crippen LogP contribution < -0.4 is 0 Å². The van der Waals surface area contributed by atoms with Gasteiger partial charge in [-0.05, 0) is 34.3 Å². The van der Waals surface area contributed by atoms with Crippen LogP contribution in [-0.4, -0.2) is 6.26 Å². The number of thiophene rings is 1. The molecule has 0 aliphatic carbocycles. The number of hydrogen-bond acceptors (Lipinski definition) is 2. The molecule has 50 valence electrons. The molecule has 0 N–H and O–H groups in total. The average Bonchev–Trinajstić information content (AvgIpc) is 2.17. The molecule has 0 saturated heterocycles. The van der Waals surface area contributed by atoms with E-state index >= 15 is 0 Å². The van der Waals surface area contributed by atoms with E-state index in [0.717, 1.165) is 5.75 Å². The zero-order valence-corrected chi connectivity index (χ0v) is 8.28. The van der Waals surface area contributed by atoms with Crippen LogP contribution >= 0.6 is 39.0 Å². The van der Waals surface area contributed by atoms with E-state index < -0.39 is 0 Å². The van der Waals surface area contributed by atoms with Crippen LogP contribution in [0.4, 0.5) is 0 Å². The molecule has 0 saturated carbocycles. The molecule has 0 aromatic carbocycles. The van der Waals surface area contributed by atoms with E-state index in [0.29, 0.717) is 0 Å². The van der Waals surface area contributed by atoms with Crippen molar-refractivity contribution in [2.45, 2.75) is 5.75 Å². The second-order valence-corrected chi connectivity index (χ2v) is 5.05. The third-order valence-corrected chi connectivity index (χ3v) is 3.32. The zero-order chi connectivity index (χ0) is 6.69. The maximum atomic E-state index is 3.41. The standard InChI is InChI=1S/C6H7BrS2/c1-8-4-5-2-3-6(7)9-5/h2-3H,4H2,1H3. The van der Waals surface area contributed by atoms with Crippen LogP contribution in [0.5, 0.6) is 0 Å². The maximum absolute atomic E-state index is 3.41. The van der Waals surface area contributed by atoms with Gasteiger partial charge in [-0.2, -0.15) is 11.8 Å². The Morgan fingerprint density at radius 3 is 2.89 bits per heavy atom. The van der Waals surface area contributed by atoms with Gasteiger partial charge in [0.05, 0.1) is 3.79 Å². The lowest BCUT2D eigenvalue weighted by atomic mass is 10.5. The van der Waals surface area contributed by atoms with Gasteiger partial charge < -0.3 is 0 Å². The summed E-state index contributed by atoms with van der Waals surface area (Å²) in [6.45, 7) is 0. The zero-order valence-electron chi connectivity index (χ0n) is 5.06. The number of thioether (sulfide) groups is 1. The summed E-state index contributed by atoms with van der Waals surface area (Å²) in [5, 5.41) is 0. The predicted octanol–water partition coefficient (Wildman–Crippen LogP) is 3.37. The Morgan fingerprint density at radius 1 is 1.67 bits per heavy atom.